The van der Waals surface area contributed by atoms with Crippen molar-refractivity contribution in [3.63, 3.8) is 0 Å². The van der Waals surface area contributed by atoms with Gasteiger partial charge in [-0.2, -0.15) is 9.50 Å². The van der Waals surface area contributed by atoms with Crippen LogP contribution < -0.4 is 10.1 Å². The Morgan fingerprint density at radius 2 is 2.04 bits per heavy atom. The number of halogens is 1. The van der Waals surface area contributed by atoms with Crippen LogP contribution in [0.1, 0.15) is 32.6 Å². The van der Waals surface area contributed by atoms with Crippen molar-refractivity contribution in [3.05, 3.63) is 17.4 Å². The Kier molecular flexibility index (Phi) is 4.65. The number of fused-ring (bicyclic) bond motifs is 4. The second kappa shape index (κ2) is 6.95. The zero-order chi connectivity index (χ0) is 18.3. The lowest BCUT2D eigenvalue weighted by Crippen LogP contribution is -2.52. The molecule has 3 aliphatic rings. The molecule has 0 unspecified atom stereocenters. The first-order valence-electron chi connectivity index (χ1n) is 9.14. The summed E-state index contributed by atoms with van der Waals surface area (Å²) in [6, 6.07) is 3.71. The second-order valence-electron chi connectivity index (χ2n) is 7.02. The van der Waals surface area contributed by atoms with Crippen LogP contribution in [0.4, 0.5) is 5.82 Å². The van der Waals surface area contributed by atoms with E-state index in [1.165, 1.54) is 0 Å². The van der Waals surface area contributed by atoms with Crippen molar-refractivity contribution in [2.45, 2.75) is 38.6 Å². The number of esters is 1. The number of methoxy groups -OCH3 is 1. The van der Waals surface area contributed by atoms with Gasteiger partial charge in [-0.15, -0.1) is 5.10 Å². The molecule has 2 bridgehead atoms. The third kappa shape index (κ3) is 2.88. The largest absolute Gasteiger partial charge is 0.481 e. The fourth-order valence-corrected chi connectivity index (χ4v) is 4.76. The van der Waals surface area contributed by atoms with Gasteiger partial charge in [0.05, 0.1) is 19.6 Å². The molecular formula is C18H23ClN4O3. The summed E-state index contributed by atoms with van der Waals surface area (Å²) in [4.78, 5) is 17.0. The summed E-state index contributed by atoms with van der Waals surface area (Å²) in [5, 5.41) is 7.84. The van der Waals surface area contributed by atoms with Crippen molar-refractivity contribution in [2.24, 2.45) is 17.8 Å². The quantitative estimate of drug-likeness (QED) is 0.805. The van der Waals surface area contributed by atoms with E-state index in [2.05, 4.69) is 15.4 Å². The van der Waals surface area contributed by atoms with E-state index >= 15 is 0 Å². The number of rotatable bonds is 5. The molecule has 1 N–H and O–H groups in total. The first kappa shape index (κ1) is 17.4. The number of hydrogen-bond acceptors (Lipinski definition) is 6. The predicted molar refractivity (Wildman–Crippen MR) is 97.5 cm³/mol. The zero-order valence-electron chi connectivity index (χ0n) is 14.9. The Morgan fingerprint density at radius 3 is 2.73 bits per heavy atom. The molecule has 0 aliphatic heterocycles. The molecule has 0 saturated heterocycles. The number of carbonyl (C=O) groups excluding carboxylic acids is 1. The molecule has 0 radical (unpaired) electrons. The van der Waals surface area contributed by atoms with Gasteiger partial charge in [0.2, 0.25) is 11.2 Å². The van der Waals surface area contributed by atoms with Crippen LogP contribution in [0.5, 0.6) is 5.88 Å². The van der Waals surface area contributed by atoms with Crippen molar-refractivity contribution in [3.8, 4) is 5.88 Å². The van der Waals surface area contributed by atoms with Crippen molar-refractivity contribution < 1.29 is 14.3 Å². The van der Waals surface area contributed by atoms with Gasteiger partial charge in [-0.1, -0.05) is 0 Å². The Hall–Kier alpha value is -2.02. The van der Waals surface area contributed by atoms with E-state index in [1.54, 1.807) is 11.6 Å². The maximum Gasteiger partial charge on any atom is 0.311 e. The molecule has 0 amide bonds. The number of nitrogens with one attached hydrogen (secondary N) is 1. The molecular weight excluding hydrogens is 356 g/mol. The topological polar surface area (TPSA) is 77.8 Å². The Bertz CT molecular complexity index is 816. The van der Waals surface area contributed by atoms with E-state index in [-0.39, 0.29) is 23.2 Å². The molecule has 2 heterocycles. The molecule has 7 nitrogen and oxygen atoms in total. The molecule has 8 heteroatoms. The maximum atomic E-state index is 12.6. The van der Waals surface area contributed by atoms with Crippen molar-refractivity contribution >= 4 is 28.9 Å². The van der Waals surface area contributed by atoms with Crippen LogP contribution in [0.25, 0.3) is 5.52 Å². The third-order valence-electron chi connectivity index (χ3n) is 5.74. The first-order chi connectivity index (χ1) is 12.6. The van der Waals surface area contributed by atoms with E-state index in [0.29, 0.717) is 30.1 Å². The summed E-state index contributed by atoms with van der Waals surface area (Å²) < 4.78 is 12.3. The number of ether oxygens (including phenoxy) is 2. The van der Waals surface area contributed by atoms with Gasteiger partial charge in [0.25, 0.3) is 0 Å². The Labute approximate surface area is 157 Å². The molecule has 3 saturated carbocycles. The van der Waals surface area contributed by atoms with Crippen molar-refractivity contribution in [2.75, 3.05) is 19.0 Å². The minimum absolute atomic E-state index is 0.00258. The number of carbonyl (C=O) groups is 1. The summed E-state index contributed by atoms with van der Waals surface area (Å²) >= 11 is 6.12. The Morgan fingerprint density at radius 1 is 1.31 bits per heavy atom. The fraction of sp³-hybridized carbons (Fsp3) is 0.611. The number of anilines is 1. The molecule has 26 heavy (non-hydrogen) atoms. The minimum atomic E-state index is -0.145. The highest BCUT2D eigenvalue weighted by Gasteiger charge is 2.48. The van der Waals surface area contributed by atoms with Gasteiger partial charge in [0.1, 0.15) is 5.52 Å². The fourth-order valence-electron chi connectivity index (χ4n) is 4.60. The van der Waals surface area contributed by atoms with Crippen LogP contribution >= 0.6 is 11.6 Å². The van der Waals surface area contributed by atoms with Crippen molar-refractivity contribution in [1.82, 2.24) is 14.6 Å². The van der Waals surface area contributed by atoms with E-state index < -0.39 is 0 Å². The van der Waals surface area contributed by atoms with Crippen LogP contribution in [-0.2, 0) is 9.53 Å². The zero-order valence-corrected chi connectivity index (χ0v) is 15.7. The summed E-state index contributed by atoms with van der Waals surface area (Å²) in [6.45, 7) is 2.25. The lowest BCUT2D eigenvalue weighted by atomic mass is 9.61. The van der Waals surface area contributed by atoms with Gasteiger partial charge in [-0.25, -0.2) is 0 Å². The molecule has 2 aromatic rings. The van der Waals surface area contributed by atoms with E-state index in [9.17, 15) is 4.79 Å². The van der Waals surface area contributed by atoms with E-state index in [4.69, 9.17) is 21.1 Å². The molecule has 2 aromatic heterocycles. The number of nitrogens with zero attached hydrogens (tertiary/aromatic N) is 3. The van der Waals surface area contributed by atoms with E-state index in [0.717, 1.165) is 31.2 Å². The highest BCUT2D eigenvalue weighted by atomic mass is 35.5. The first-order valence-corrected chi connectivity index (χ1v) is 9.52. The second-order valence-corrected chi connectivity index (χ2v) is 7.36. The van der Waals surface area contributed by atoms with E-state index in [1.807, 2.05) is 19.1 Å². The number of aromatic nitrogens is 3. The van der Waals surface area contributed by atoms with Gasteiger partial charge in [0, 0.05) is 12.1 Å². The highest BCUT2D eigenvalue weighted by molar-refractivity contribution is 6.28. The molecule has 0 aromatic carbocycles. The molecule has 2 atom stereocenters. The monoisotopic (exact) mass is 378 g/mol. The maximum absolute atomic E-state index is 12.6. The molecule has 3 fully saturated rings. The van der Waals surface area contributed by atoms with Gasteiger partial charge in [0.15, 0.2) is 5.82 Å². The van der Waals surface area contributed by atoms with Crippen LogP contribution in [0, 0.1) is 17.8 Å². The average Bonchev–Trinajstić information content (AvgIpc) is 3.05. The summed E-state index contributed by atoms with van der Waals surface area (Å²) in [7, 11) is 1.59. The predicted octanol–water partition coefficient (Wildman–Crippen LogP) is 3.17. The van der Waals surface area contributed by atoms with Gasteiger partial charge in [-0.3, -0.25) is 4.79 Å². The SMILES string of the molecule is CCOC(=O)[C@H]1C2CCC(CC2)[C@@H]1Nc1nc(Cl)nn2c(OC)ccc12. The van der Waals surface area contributed by atoms with Gasteiger partial charge in [-0.05, 0) is 62.1 Å². The number of hydrogen-bond donors (Lipinski definition) is 1. The van der Waals surface area contributed by atoms with Gasteiger partial charge >= 0.3 is 5.97 Å². The highest BCUT2D eigenvalue weighted by Crippen LogP contribution is 2.47. The van der Waals surface area contributed by atoms with Gasteiger partial charge < -0.3 is 14.8 Å². The standard InChI is InChI=1S/C18H23ClN4O3/c1-3-26-17(24)14-10-4-6-11(7-5-10)15(14)20-16-12-8-9-13(25-2)23(12)22-18(19)21-16/h8-11,14-15H,3-7H2,1-2H3,(H,20,21,22)/t10?,11?,14-,15-/m0/s1. The van der Waals surface area contributed by atoms with Crippen molar-refractivity contribution in [1.29, 1.82) is 0 Å². The molecule has 3 aliphatic carbocycles. The third-order valence-corrected chi connectivity index (χ3v) is 5.90. The van der Waals surface area contributed by atoms with Crippen LogP contribution in [0.3, 0.4) is 0 Å². The Balaban J connectivity index is 1.69. The molecule has 0 spiro atoms. The minimum Gasteiger partial charge on any atom is -0.481 e. The molecule has 5 rings (SSSR count). The smallest absolute Gasteiger partial charge is 0.311 e. The van der Waals surface area contributed by atoms with Crippen LogP contribution in [-0.4, -0.2) is 40.3 Å². The lowest BCUT2D eigenvalue weighted by Gasteiger charge is -2.47. The van der Waals surface area contributed by atoms with Crippen LogP contribution in [0.2, 0.25) is 5.28 Å². The average molecular weight is 379 g/mol. The summed E-state index contributed by atoms with van der Waals surface area (Å²) in [5.74, 6) is 1.75. The van der Waals surface area contributed by atoms with Crippen LogP contribution in [0.15, 0.2) is 12.1 Å². The molecule has 140 valence electrons. The summed E-state index contributed by atoms with van der Waals surface area (Å²) in [5.41, 5.74) is 0.773. The summed E-state index contributed by atoms with van der Waals surface area (Å²) in [6.07, 6.45) is 4.42. The lowest BCUT2D eigenvalue weighted by molar-refractivity contribution is -0.154. The normalized spacial score (nSPS) is 27.5.